The van der Waals surface area contributed by atoms with Gasteiger partial charge in [0.1, 0.15) is 11.3 Å². The largest absolute Gasteiger partial charge is 0.477 e. The first kappa shape index (κ1) is 18.7. The van der Waals surface area contributed by atoms with E-state index >= 15 is 8.78 Å². The number of piperidine rings is 1. The number of halogens is 2. The average molecular weight is 392 g/mol. The van der Waals surface area contributed by atoms with Crippen LogP contribution < -0.4 is 21.8 Å². The Bertz CT molecular complexity index is 1050. The van der Waals surface area contributed by atoms with Gasteiger partial charge in [-0.3, -0.25) is 4.79 Å². The van der Waals surface area contributed by atoms with Crippen LogP contribution in [0, 0.1) is 17.6 Å². The molecule has 5 N–H and O–H groups in total. The summed E-state index contributed by atoms with van der Waals surface area (Å²) in [6.45, 7) is 2.64. The number of hydrogen-bond acceptors (Lipinski definition) is 5. The first-order valence-corrected chi connectivity index (χ1v) is 9.31. The van der Waals surface area contributed by atoms with Crippen LogP contribution in [0.2, 0.25) is 0 Å². The molecule has 2 atom stereocenters. The summed E-state index contributed by atoms with van der Waals surface area (Å²) >= 11 is 0. The van der Waals surface area contributed by atoms with Crippen LogP contribution in [0.4, 0.5) is 20.2 Å². The maximum atomic E-state index is 15.6. The lowest BCUT2D eigenvalue weighted by Crippen LogP contribution is -2.46. The number of carboxylic acids is 1. The molecule has 1 aliphatic heterocycles. The fourth-order valence-corrected chi connectivity index (χ4v) is 3.99. The van der Waals surface area contributed by atoms with E-state index in [1.165, 1.54) is 4.57 Å². The van der Waals surface area contributed by atoms with E-state index in [1.54, 1.807) is 4.90 Å². The standard InChI is InChI=1S/C19H22F2N4O3/c1-8-6-24(5-4-11(8)22)17-13(20)15(23)12-16(14(17)21)25(9-2-3-9)7-10(18(12)26)19(27)28/h7-9,11H,2-6,22-23H2,1H3,(H,27,28). The summed E-state index contributed by atoms with van der Waals surface area (Å²) in [5.41, 5.74) is 9.48. The number of fused-ring (bicyclic) bond motifs is 1. The van der Waals surface area contributed by atoms with E-state index in [4.69, 9.17) is 11.5 Å². The van der Waals surface area contributed by atoms with Crippen LogP contribution in [0.15, 0.2) is 11.0 Å². The van der Waals surface area contributed by atoms with Crippen molar-refractivity contribution in [3.8, 4) is 0 Å². The molecule has 1 aromatic carbocycles. The van der Waals surface area contributed by atoms with Gasteiger partial charge in [-0.05, 0) is 25.2 Å². The van der Waals surface area contributed by atoms with E-state index in [9.17, 15) is 14.7 Å². The molecule has 7 nitrogen and oxygen atoms in total. The van der Waals surface area contributed by atoms with Crippen LogP contribution in [0.25, 0.3) is 10.9 Å². The van der Waals surface area contributed by atoms with Gasteiger partial charge < -0.3 is 26.0 Å². The van der Waals surface area contributed by atoms with E-state index < -0.39 is 39.7 Å². The minimum Gasteiger partial charge on any atom is -0.477 e. The van der Waals surface area contributed by atoms with Crippen molar-refractivity contribution in [2.24, 2.45) is 11.7 Å². The topological polar surface area (TPSA) is 115 Å². The number of carboxylic acid groups (broad SMARTS) is 1. The number of rotatable bonds is 3. The van der Waals surface area contributed by atoms with Gasteiger partial charge in [0.15, 0.2) is 11.6 Å². The van der Waals surface area contributed by atoms with Crippen LogP contribution in [0.5, 0.6) is 0 Å². The zero-order valence-corrected chi connectivity index (χ0v) is 15.4. The fraction of sp³-hybridized carbons (Fsp3) is 0.474. The molecule has 0 amide bonds. The smallest absolute Gasteiger partial charge is 0.341 e. The predicted molar refractivity (Wildman–Crippen MR) is 102 cm³/mol. The Hall–Kier alpha value is -2.68. The molecule has 0 spiro atoms. The molecule has 1 saturated heterocycles. The Kier molecular flexibility index (Phi) is 4.29. The van der Waals surface area contributed by atoms with E-state index in [2.05, 4.69) is 0 Å². The third-order valence-corrected chi connectivity index (χ3v) is 5.82. The minimum absolute atomic E-state index is 0.0319. The van der Waals surface area contributed by atoms with Crippen molar-refractivity contribution in [3.05, 3.63) is 33.6 Å². The second kappa shape index (κ2) is 6.44. The first-order valence-electron chi connectivity index (χ1n) is 9.31. The first-order chi connectivity index (χ1) is 13.2. The Morgan fingerprint density at radius 2 is 1.93 bits per heavy atom. The zero-order valence-electron chi connectivity index (χ0n) is 15.4. The van der Waals surface area contributed by atoms with Crippen LogP contribution in [0.1, 0.15) is 42.6 Å². The molecule has 150 valence electrons. The molecule has 0 radical (unpaired) electrons. The lowest BCUT2D eigenvalue weighted by atomic mass is 9.94. The molecule has 2 unspecified atom stereocenters. The van der Waals surface area contributed by atoms with Gasteiger partial charge in [0.2, 0.25) is 5.43 Å². The molecule has 9 heteroatoms. The third-order valence-electron chi connectivity index (χ3n) is 5.82. The van der Waals surface area contributed by atoms with Crippen molar-refractivity contribution in [2.45, 2.75) is 38.3 Å². The maximum absolute atomic E-state index is 15.6. The van der Waals surface area contributed by atoms with E-state index in [-0.39, 0.29) is 29.2 Å². The molecule has 0 bridgehead atoms. The fourth-order valence-electron chi connectivity index (χ4n) is 3.99. The number of nitrogens with zero attached hydrogens (tertiary/aromatic N) is 2. The number of pyridine rings is 1. The Balaban J connectivity index is 2.02. The monoisotopic (exact) mass is 392 g/mol. The summed E-state index contributed by atoms with van der Waals surface area (Å²) in [6.07, 6.45) is 3.16. The van der Waals surface area contributed by atoms with Gasteiger partial charge in [0.25, 0.3) is 0 Å². The lowest BCUT2D eigenvalue weighted by Gasteiger charge is -2.37. The third kappa shape index (κ3) is 2.72. The summed E-state index contributed by atoms with van der Waals surface area (Å²) in [6, 6.07) is -0.190. The van der Waals surface area contributed by atoms with Gasteiger partial charge in [-0.2, -0.15) is 0 Å². The van der Waals surface area contributed by atoms with Crippen molar-refractivity contribution in [1.29, 1.82) is 0 Å². The highest BCUT2D eigenvalue weighted by Crippen LogP contribution is 2.42. The molecular formula is C19H22F2N4O3. The quantitative estimate of drug-likeness (QED) is 0.689. The van der Waals surface area contributed by atoms with Crippen molar-refractivity contribution in [2.75, 3.05) is 23.7 Å². The molecule has 1 aromatic heterocycles. The number of aromatic carboxylic acids is 1. The second-order valence-corrected chi connectivity index (χ2v) is 7.81. The highest BCUT2D eigenvalue weighted by atomic mass is 19.1. The number of nitrogen functional groups attached to an aromatic ring is 1. The van der Waals surface area contributed by atoms with Gasteiger partial charge in [-0.15, -0.1) is 0 Å². The second-order valence-electron chi connectivity index (χ2n) is 7.81. The summed E-state index contributed by atoms with van der Waals surface area (Å²) in [5.74, 6) is -3.34. The average Bonchev–Trinajstić information content (AvgIpc) is 3.47. The van der Waals surface area contributed by atoms with Gasteiger partial charge in [0.05, 0.1) is 16.6 Å². The zero-order chi connectivity index (χ0) is 20.3. The van der Waals surface area contributed by atoms with E-state index in [1.807, 2.05) is 6.92 Å². The summed E-state index contributed by atoms with van der Waals surface area (Å²) < 4.78 is 32.2. The number of hydrogen-bond donors (Lipinski definition) is 3. The minimum atomic E-state index is -1.45. The van der Waals surface area contributed by atoms with Crippen LogP contribution in [-0.2, 0) is 0 Å². The van der Waals surface area contributed by atoms with Crippen LogP contribution >= 0.6 is 0 Å². The van der Waals surface area contributed by atoms with Crippen LogP contribution in [-0.4, -0.2) is 34.8 Å². The Morgan fingerprint density at radius 1 is 1.25 bits per heavy atom. The van der Waals surface area contributed by atoms with Gasteiger partial charge in [-0.25, -0.2) is 13.6 Å². The number of anilines is 2. The molecule has 28 heavy (non-hydrogen) atoms. The number of carbonyl (C=O) groups is 1. The molecule has 4 rings (SSSR count). The Morgan fingerprint density at radius 3 is 2.50 bits per heavy atom. The SMILES string of the molecule is CC1CN(c2c(F)c(N)c3c(=O)c(C(=O)O)cn(C4CC4)c3c2F)CCC1N. The van der Waals surface area contributed by atoms with Crippen LogP contribution in [0.3, 0.4) is 0 Å². The highest BCUT2D eigenvalue weighted by molar-refractivity contribution is 5.99. The summed E-state index contributed by atoms with van der Waals surface area (Å²) in [5, 5.41) is 8.92. The molecule has 2 aliphatic rings. The van der Waals surface area contributed by atoms with Crippen molar-refractivity contribution >= 4 is 28.2 Å². The molecule has 1 saturated carbocycles. The molecule has 2 fully saturated rings. The predicted octanol–water partition coefficient (Wildman–Crippen LogP) is 2.07. The highest BCUT2D eigenvalue weighted by Gasteiger charge is 2.34. The van der Waals surface area contributed by atoms with Gasteiger partial charge in [-0.1, -0.05) is 6.92 Å². The van der Waals surface area contributed by atoms with Crippen molar-refractivity contribution in [1.82, 2.24) is 4.57 Å². The van der Waals surface area contributed by atoms with Gasteiger partial charge in [0, 0.05) is 31.4 Å². The lowest BCUT2D eigenvalue weighted by molar-refractivity contribution is 0.0695. The number of nitrogens with two attached hydrogens (primary N) is 2. The summed E-state index contributed by atoms with van der Waals surface area (Å²) in [4.78, 5) is 25.7. The van der Waals surface area contributed by atoms with E-state index in [0.29, 0.717) is 19.5 Å². The molecular weight excluding hydrogens is 370 g/mol. The van der Waals surface area contributed by atoms with E-state index in [0.717, 1.165) is 19.0 Å². The molecule has 1 aliphatic carbocycles. The van der Waals surface area contributed by atoms with Gasteiger partial charge >= 0.3 is 5.97 Å². The Labute approximate surface area is 159 Å². The number of aromatic nitrogens is 1. The summed E-state index contributed by atoms with van der Waals surface area (Å²) in [7, 11) is 0. The van der Waals surface area contributed by atoms with Crippen molar-refractivity contribution < 1.29 is 18.7 Å². The molecule has 2 heterocycles. The molecule has 2 aromatic rings. The number of benzene rings is 1. The normalized spacial score (nSPS) is 22.6. The van der Waals surface area contributed by atoms with Crippen molar-refractivity contribution in [3.63, 3.8) is 0 Å². The maximum Gasteiger partial charge on any atom is 0.341 e.